The normalized spacial score (nSPS) is 10.4. The van der Waals surface area contributed by atoms with Gasteiger partial charge in [0.25, 0.3) is 0 Å². The van der Waals surface area contributed by atoms with E-state index in [1.54, 1.807) is 18.2 Å². The van der Waals surface area contributed by atoms with Gasteiger partial charge in [-0.1, -0.05) is 31.5 Å². The SMILES string of the molecule is CCCCOc1cc(Br)c(N(C)CCC(=O)OC)c(C)c1C(=O)Oc1ccccc1. The Balaban J connectivity index is 2.41. The number of rotatable bonds is 10. The zero-order valence-corrected chi connectivity index (χ0v) is 19.5. The lowest BCUT2D eigenvalue weighted by Gasteiger charge is -2.25. The van der Waals surface area contributed by atoms with E-state index in [1.807, 2.05) is 37.1 Å². The topological polar surface area (TPSA) is 65.1 Å². The molecule has 0 bridgehead atoms. The van der Waals surface area contributed by atoms with Gasteiger partial charge in [0, 0.05) is 18.1 Å². The van der Waals surface area contributed by atoms with E-state index in [9.17, 15) is 9.59 Å². The van der Waals surface area contributed by atoms with Crippen LogP contribution in [0.25, 0.3) is 0 Å². The van der Waals surface area contributed by atoms with Gasteiger partial charge in [-0.15, -0.1) is 0 Å². The van der Waals surface area contributed by atoms with Crippen molar-refractivity contribution < 1.29 is 23.8 Å². The van der Waals surface area contributed by atoms with Crippen molar-refractivity contribution in [2.24, 2.45) is 0 Å². The Hall–Kier alpha value is -2.54. The molecule has 7 heteroatoms. The van der Waals surface area contributed by atoms with Crippen LogP contribution in [-0.4, -0.2) is 39.2 Å². The molecule has 0 spiro atoms. The van der Waals surface area contributed by atoms with Crippen LogP contribution in [-0.2, 0) is 9.53 Å². The summed E-state index contributed by atoms with van der Waals surface area (Å²) in [6, 6.07) is 10.7. The number of esters is 2. The van der Waals surface area contributed by atoms with Gasteiger partial charge < -0.3 is 19.1 Å². The Kier molecular flexibility index (Phi) is 9.17. The molecule has 2 rings (SSSR count). The van der Waals surface area contributed by atoms with Crippen LogP contribution in [0.1, 0.15) is 42.1 Å². The van der Waals surface area contributed by atoms with Crippen molar-refractivity contribution in [2.45, 2.75) is 33.1 Å². The van der Waals surface area contributed by atoms with Crippen molar-refractivity contribution in [2.75, 3.05) is 32.2 Å². The molecule has 0 saturated heterocycles. The number of methoxy groups -OCH3 is 1. The number of unbranched alkanes of at least 4 members (excludes halogenated alkanes) is 1. The zero-order chi connectivity index (χ0) is 22.1. The summed E-state index contributed by atoms with van der Waals surface area (Å²) in [4.78, 5) is 26.5. The second-order valence-corrected chi connectivity index (χ2v) is 7.71. The van der Waals surface area contributed by atoms with Crippen LogP contribution in [0.2, 0.25) is 0 Å². The van der Waals surface area contributed by atoms with Crippen LogP contribution < -0.4 is 14.4 Å². The van der Waals surface area contributed by atoms with E-state index in [1.165, 1.54) is 7.11 Å². The van der Waals surface area contributed by atoms with Crippen molar-refractivity contribution in [3.63, 3.8) is 0 Å². The summed E-state index contributed by atoms with van der Waals surface area (Å²) in [5.74, 6) is 0.156. The van der Waals surface area contributed by atoms with Gasteiger partial charge in [-0.05, 0) is 53.0 Å². The fraction of sp³-hybridized carbons (Fsp3) is 0.391. The Morgan fingerprint density at radius 1 is 1.17 bits per heavy atom. The number of halogens is 1. The van der Waals surface area contributed by atoms with Crippen molar-refractivity contribution in [1.29, 1.82) is 0 Å². The maximum Gasteiger partial charge on any atom is 0.347 e. The first-order valence-corrected chi connectivity index (χ1v) is 10.7. The molecule has 0 saturated carbocycles. The monoisotopic (exact) mass is 477 g/mol. The molecule has 0 aliphatic rings. The molecule has 0 heterocycles. The van der Waals surface area contributed by atoms with E-state index < -0.39 is 5.97 Å². The number of hydrogen-bond acceptors (Lipinski definition) is 6. The average Bonchev–Trinajstić information content (AvgIpc) is 2.72. The van der Waals surface area contributed by atoms with Crippen molar-refractivity contribution >= 4 is 33.6 Å². The van der Waals surface area contributed by atoms with Gasteiger partial charge in [0.2, 0.25) is 0 Å². The fourth-order valence-corrected chi connectivity index (χ4v) is 3.83. The molecular weight excluding hydrogens is 450 g/mol. The number of benzene rings is 2. The minimum Gasteiger partial charge on any atom is -0.493 e. The minimum atomic E-state index is -0.486. The third-order valence-electron chi connectivity index (χ3n) is 4.63. The predicted octanol–water partition coefficient (Wildman–Crippen LogP) is 5.15. The van der Waals surface area contributed by atoms with Gasteiger partial charge in [-0.25, -0.2) is 4.79 Å². The molecule has 0 radical (unpaired) electrons. The fourth-order valence-electron chi connectivity index (χ4n) is 3.02. The smallest absolute Gasteiger partial charge is 0.347 e. The minimum absolute atomic E-state index is 0.234. The lowest BCUT2D eigenvalue weighted by atomic mass is 10.0. The quantitative estimate of drug-likeness (QED) is 0.267. The lowest BCUT2D eigenvalue weighted by molar-refractivity contribution is -0.140. The highest BCUT2D eigenvalue weighted by molar-refractivity contribution is 9.10. The van der Waals surface area contributed by atoms with Crippen molar-refractivity contribution in [1.82, 2.24) is 0 Å². The van der Waals surface area contributed by atoms with Gasteiger partial charge in [-0.2, -0.15) is 0 Å². The number of carbonyl (C=O) groups is 2. The number of anilines is 1. The maximum absolute atomic E-state index is 13.1. The molecule has 2 aromatic carbocycles. The first-order valence-electron chi connectivity index (χ1n) is 9.90. The van der Waals surface area contributed by atoms with Crippen LogP contribution in [0.15, 0.2) is 40.9 Å². The first kappa shape index (κ1) is 23.7. The van der Waals surface area contributed by atoms with E-state index in [-0.39, 0.29) is 12.4 Å². The molecule has 6 nitrogen and oxygen atoms in total. The number of ether oxygens (including phenoxy) is 3. The molecule has 2 aromatic rings. The maximum atomic E-state index is 13.1. The molecule has 0 atom stereocenters. The summed E-state index contributed by atoms with van der Waals surface area (Å²) in [5.41, 5.74) is 1.88. The molecule has 0 fully saturated rings. The second kappa shape index (κ2) is 11.6. The summed E-state index contributed by atoms with van der Waals surface area (Å²) in [6.45, 7) is 4.87. The van der Waals surface area contributed by atoms with E-state index in [4.69, 9.17) is 14.2 Å². The summed E-state index contributed by atoms with van der Waals surface area (Å²) in [5, 5.41) is 0. The molecule has 162 valence electrons. The number of nitrogens with zero attached hydrogens (tertiary/aromatic N) is 1. The van der Waals surface area contributed by atoms with E-state index in [0.717, 1.165) is 23.0 Å². The standard InChI is InChI=1S/C23H28BrNO5/c1-5-6-14-29-19-15-18(24)22(25(3)13-12-20(26)28-4)16(2)21(19)23(27)30-17-10-8-7-9-11-17/h7-11,15H,5-6,12-14H2,1-4H3. The second-order valence-electron chi connectivity index (χ2n) is 6.86. The van der Waals surface area contributed by atoms with E-state index in [0.29, 0.717) is 35.8 Å². The average molecular weight is 478 g/mol. The molecule has 0 amide bonds. The Morgan fingerprint density at radius 3 is 2.50 bits per heavy atom. The molecular formula is C23H28BrNO5. The van der Waals surface area contributed by atoms with E-state index >= 15 is 0 Å². The van der Waals surface area contributed by atoms with Gasteiger partial charge in [0.1, 0.15) is 17.1 Å². The molecule has 30 heavy (non-hydrogen) atoms. The number of para-hydroxylation sites is 1. The zero-order valence-electron chi connectivity index (χ0n) is 17.9. The van der Waals surface area contributed by atoms with Crippen LogP contribution >= 0.6 is 15.9 Å². The van der Waals surface area contributed by atoms with Crippen LogP contribution in [0.3, 0.4) is 0 Å². The first-order chi connectivity index (χ1) is 14.4. The number of carbonyl (C=O) groups excluding carboxylic acids is 2. The number of hydrogen-bond donors (Lipinski definition) is 0. The van der Waals surface area contributed by atoms with Gasteiger partial charge in [0.05, 0.1) is 25.8 Å². The summed E-state index contributed by atoms with van der Waals surface area (Å²) < 4.78 is 17.0. The Morgan fingerprint density at radius 2 is 1.87 bits per heavy atom. The van der Waals surface area contributed by atoms with Crippen molar-refractivity contribution in [3.05, 3.63) is 52.0 Å². The molecule has 0 unspecified atom stereocenters. The van der Waals surface area contributed by atoms with Crippen LogP contribution in [0.5, 0.6) is 11.5 Å². The third kappa shape index (κ3) is 6.23. The highest BCUT2D eigenvalue weighted by atomic mass is 79.9. The third-order valence-corrected chi connectivity index (χ3v) is 5.24. The van der Waals surface area contributed by atoms with Crippen LogP contribution in [0.4, 0.5) is 5.69 Å². The summed E-state index contributed by atoms with van der Waals surface area (Å²) >= 11 is 3.59. The predicted molar refractivity (Wildman–Crippen MR) is 121 cm³/mol. The molecule has 0 N–H and O–H groups in total. The highest BCUT2D eigenvalue weighted by Crippen LogP contribution is 2.38. The highest BCUT2D eigenvalue weighted by Gasteiger charge is 2.24. The van der Waals surface area contributed by atoms with Gasteiger partial charge >= 0.3 is 11.9 Å². The van der Waals surface area contributed by atoms with E-state index in [2.05, 4.69) is 22.9 Å². The lowest BCUT2D eigenvalue weighted by Crippen LogP contribution is -2.24. The molecule has 0 aromatic heterocycles. The van der Waals surface area contributed by atoms with Crippen LogP contribution in [0, 0.1) is 6.92 Å². The van der Waals surface area contributed by atoms with Crippen molar-refractivity contribution in [3.8, 4) is 11.5 Å². The summed E-state index contributed by atoms with van der Waals surface area (Å²) in [6.07, 6.45) is 2.10. The summed E-state index contributed by atoms with van der Waals surface area (Å²) in [7, 11) is 3.23. The van der Waals surface area contributed by atoms with Gasteiger partial charge in [0.15, 0.2) is 0 Å². The molecule has 0 aliphatic carbocycles. The molecule has 0 aliphatic heterocycles. The van der Waals surface area contributed by atoms with Gasteiger partial charge in [-0.3, -0.25) is 4.79 Å². The Bertz CT molecular complexity index is 870. The Labute approximate surface area is 186 Å². The largest absolute Gasteiger partial charge is 0.493 e.